The molecule has 0 heterocycles. The summed E-state index contributed by atoms with van der Waals surface area (Å²) in [5, 5.41) is 2.82. The highest BCUT2D eigenvalue weighted by molar-refractivity contribution is 7.89. The highest BCUT2D eigenvalue weighted by atomic mass is 32.2. The van der Waals surface area contributed by atoms with Crippen LogP contribution in [0.4, 0.5) is 4.39 Å². The van der Waals surface area contributed by atoms with E-state index in [9.17, 15) is 22.4 Å². The molecule has 0 spiro atoms. The van der Waals surface area contributed by atoms with Crippen LogP contribution < -0.4 is 5.32 Å². The lowest BCUT2D eigenvalue weighted by Gasteiger charge is -2.29. The van der Waals surface area contributed by atoms with Crippen molar-refractivity contribution >= 4 is 21.8 Å². The van der Waals surface area contributed by atoms with E-state index in [4.69, 9.17) is 0 Å². The Morgan fingerprint density at radius 1 is 1.03 bits per heavy atom. The molecule has 9 heteroatoms. The normalized spacial score (nSPS) is 12.4. The summed E-state index contributed by atoms with van der Waals surface area (Å²) in [7, 11) is -2.19. The van der Waals surface area contributed by atoms with Gasteiger partial charge in [0.05, 0.1) is 4.90 Å². The number of unbranched alkanes of at least 4 members (excludes halogenated alkanes) is 1. The fourth-order valence-electron chi connectivity index (χ4n) is 3.42. The maximum absolute atomic E-state index is 14.3. The molecule has 0 aliphatic rings. The first-order chi connectivity index (χ1) is 16.2. The molecule has 2 amide bonds. The van der Waals surface area contributed by atoms with Crippen LogP contribution in [-0.2, 0) is 26.2 Å². The largest absolute Gasteiger partial charge is 0.354 e. The number of sulfonamides is 1. The van der Waals surface area contributed by atoms with Crippen LogP contribution in [0.2, 0.25) is 0 Å². The molecular weight excluding hydrogens is 457 g/mol. The van der Waals surface area contributed by atoms with E-state index < -0.39 is 21.9 Å². The van der Waals surface area contributed by atoms with E-state index in [0.29, 0.717) is 12.1 Å². The lowest BCUT2D eigenvalue weighted by molar-refractivity contribution is -0.140. The van der Waals surface area contributed by atoms with Crippen LogP contribution in [0.15, 0.2) is 59.5 Å². The molecule has 0 saturated carbocycles. The van der Waals surface area contributed by atoms with Crippen molar-refractivity contribution in [3.05, 3.63) is 66.0 Å². The summed E-state index contributed by atoms with van der Waals surface area (Å²) >= 11 is 0. The average Bonchev–Trinajstić information content (AvgIpc) is 2.83. The molecule has 0 bridgehead atoms. The van der Waals surface area contributed by atoms with Crippen molar-refractivity contribution in [2.45, 2.75) is 57.0 Å². The Labute approximate surface area is 202 Å². The molecule has 0 aliphatic heterocycles. The summed E-state index contributed by atoms with van der Waals surface area (Å²) in [5.41, 5.74) is 0.313. The second-order valence-electron chi connectivity index (χ2n) is 8.18. The van der Waals surface area contributed by atoms with Gasteiger partial charge in [0.25, 0.3) is 0 Å². The number of amides is 2. The molecule has 2 aromatic rings. The summed E-state index contributed by atoms with van der Waals surface area (Å²) < 4.78 is 40.8. The molecule has 7 nitrogen and oxygen atoms in total. The van der Waals surface area contributed by atoms with E-state index in [2.05, 4.69) is 5.32 Å². The van der Waals surface area contributed by atoms with Gasteiger partial charge in [0.15, 0.2) is 0 Å². The summed E-state index contributed by atoms with van der Waals surface area (Å²) in [6.45, 7) is 4.22. The highest BCUT2D eigenvalue weighted by Gasteiger charge is 2.27. The van der Waals surface area contributed by atoms with Crippen LogP contribution in [-0.4, -0.2) is 55.6 Å². The van der Waals surface area contributed by atoms with Gasteiger partial charge in [-0.3, -0.25) is 9.59 Å². The van der Waals surface area contributed by atoms with Gasteiger partial charge in [-0.2, -0.15) is 0 Å². The van der Waals surface area contributed by atoms with Gasteiger partial charge < -0.3 is 10.2 Å². The first-order valence-corrected chi connectivity index (χ1v) is 12.9. The molecule has 1 N–H and O–H groups in total. The predicted molar refractivity (Wildman–Crippen MR) is 130 cm³/mol. The van der Waals surface area contributed by atoms with Gasteiger partial charge >= 0.3 is 0 Å². The topological polar surface area (TPSA) is 86.8 Å². The summed E-state index contributed by atoms with van der Waals surface area (Å²) in [6.07, 6.45) is 2.03. The Morgan fingerprint density at radius 2 is 1.68 bits per heavy atom. The maximum Gasteiger partial charge on any atom is 0.242 e. The molecule has 34 heavy (non-hydrogen) atoms. The minimum Gasteiger partial charge on any atom is -0.354 e. The van der Waals surface area contributed by atoms with E-state index in [1.807, 2.05) is 6.92 Å². The fraction of sp³-hybridized carbons (Fsp3) is 0.440. The molecule has 186 valence electrons. The van der Waals surface area contributed by atoms with Crippen molar-refractivity contribution in [2.24, 2.45) is 0 Å². The first kappa shape index (κ1) is 27.5. The van der Waals surface area contributed by atoms with Crippen molar-refractivity contribution in [3.8, 4) is 0 Å². The number of carbonyl (C=O) groups is 2. The zero-order valence-electron chi connectivity index (χ0n) is 20.0. The van der Waals surface area contributed by atoms with Crippen LogP contribution in [0.1, 0.15) is 45.1 Å². The van der Waals surface area contributed by atoms with Crippen molar-refractivity contribution in [2.75, 3.05) is 20.1 Å². The van der Waals surface area contributed by atoms with Crippen LogP contribution in [0.3, 0.4) is 0 Å². The number of rotatable bonds is 13. The second-order valence-corrected chi connectivity index (χ2v) is 10.2. The minimum absolute atomic E-state index is 0.0235. The fourth-order valence-corrected chi connectivity index (χ4v) is 4.65. The third-order valence-corrected chi connectivity index (χ3v) is 7.48. The Morgan fingerprint density at radius 3 is 2.32 bits per heavy atom. The number of halogens is 1. The SMILES string of the molecule is CCCCNC(=O)[C@@H](C)N(Cc1ccccc1F)C(=O)CCCN(C)S(=O)(=O)c1ccccc1. The third kappa shape index (κ3) is 7.63. The molecule has 0 unspecified atom stereocenters. The Kier molecular flexibility index (Phi) is 10.7. The van der Waals surface area contributed by atoms with Gasteiger partial charge in [0, 0.05) is 38.7 Å². The van der Waals surface area contributed by atoms with Crippen molar-refractivity contribution in [1.29, 1.82) is 0 Å². The maximum atomic E-state index is 14.3. The number of benzene rings is 2. The zero-order chi connectivity index (χ0) is 25.1. The monoisotopic (exact) mass is 491 g/mol. The third-order valence-electron chi connectivity index (χ3n) is 5.61. The molecule has 0 aromatic heterocycles. The van der Waals surface area contributed by atoms with Gasteiger partial charge in [0.2, 0.25) is 21.8 Å². The van der Waals surface area contributed by atoms with Crippen LogP contribution in [0.25, 0.3) is 0 Å². The smallest absolute Gasteiger partial charge is 0.242 e. The van der Waals surface area contributed by atoms with Crippen LogP contribution >= 0.6 is 0 Å². The van der Waals surface area contributed by atoms with Gasteiger partial charge in [0.1, 0.15) is 11.9 Å². The Hall–Kier alpha value is -2.78. The molecule has 0 saturated heterocycles. The first-order valence-electron chi connectivity index (χ1n) is 11.5. The van der Waals surface area contributed by atoms with Crippen molar-refractivity contribution < 1.29 is 22.4 Å². The Balaban J connectivity index is 2.07. The van der Waals surface area contributed by atoms with Gasteiger partial charge in [-0.15, -0.1) is 0 Å². The molecule has 1 atom stereocenters. The van der Waals surface area contributed by atoms with E-state index in [-0.39, 0.29) is 42.6 Å². The standard InChI is InChI=1S/C25H34FN3O4S/c1-4-5-17-27-25(31)20(2)29(19-21-12-9-10-15-23(21)26)24(30)16-11-18-28(3)34(32,33)22-13-7-6-8-14-22/h6-10,12-15,20H,4-5,11,16-19H2,1-3H3,(H,27,31)/t20-/m1/s1. The van der Waals surface area contributed by atoms with E-state index in [1.54, 1.807) is 43.3 Å². The quantitative estimate of drug-likeness (QED) is 0.434. The highest BCUT2D eigenvalue weighted by Crippen LogP contribution is 2.17. The molecule has 0 radical (unpaired) electrons. The van der Waals surface area contributed by atoms with Crippen molar-refractivity contribution in [1.82, 2.24) is 14.5 Å². The summed E-state index contributed by atoms with van der Waals surface area (Å²) in [6, 6.07) is 13.4. The molecule has 2 rings (SSSR count). The van der Waals surface area contributed by atoms with Crippen molar-refractivity contribution in [3.63, 3.8) is 0 Å². The lowest BCUT2D eigenvalue weighted by atomic mass is 10.1. The number of hydrogen-bond donors (Lipinski definition) is 1. The van der Waals surface area contributed by atoms with Crippen LogP contribution in [0.5, 0.6) is 0 Å². The van der Waals surface area contributed by atoms with Crippen LogP contribution in [0, 0.1) is 5.82 Å². The number of hydrogen-bond acceptors (Lipinski definition) is 4. The van der Waals surface area contributed by atoms with E-state index in [1.165, 1.54) is 34.5 Å². The molecule has 0 aliphatic carbocycles. The number of nitrogens with zero attached hydrogens (tertiary/aromatic N) is 2. The number of nitrogens with one attached hydrogen (secondary N) is 1. The van der Waals surface area contributed by atoms with E-state index >= 15 is 0 Å². The summed E-state index contributed by atoms with van der Waals surface area (Å²) in [4.78, 5) is 27.2. The lowest BCUT2D eigenvalue weighted by Crippen LogP contribution is -2.48. The predicted octanol–water partition coefficient (Wildman–Crippen LogP) is 3.56. The van der Waals surface area contributed by atoms with Gasteiger partial charge in [-0.05, 0) is 38.0 Å². The summed E-state index contributed by atoms with van der Waals surface area (Å²) in [5.74, 6) is -1.10. The molecule has 2 aromatic carbocycles. The van der Waals surface area contributed by atoms with E-state index in [0.717, 1.165) is 12.8 Å². The number of carbonyl (C=O) groups excluding carboxylic acids is 2. The second kappa shape index (κ2) is 13.2. The van der Waals surface area contributed by atoms with Gasteiger partial charge in [-0.1, -0.05) is 49.7 Å². The Bertz CT molecular complexity index is 1050. The zero-order valence-corrected chi connectivity index (χ0v) is 20.9. The average molecular weight is 492 g/mol. The minimum atomic E-state index is -3.66. The van der Waals surface area contributed by atoms with Gasteiger partial charge in [-0.25, -0.2) is 17.1 Å². The molecular formula is C25H34FN3O4S. The molecule has 0 fully saturated rings.